The van der Waals surface area contributed by atoms with Crippen molar-refractivity contribution in [3.05, 3.63) is 45.6 Å². The van der Waals surface area contributed by atoms with Gasteiger partial charge in [-0.05, 0) is 64.7 Å². The average molecular weight is 389 g/mol. The molecule has 0 radical (unpaired) electrons. The molecular formula is C21H28N2O3S. The van der Waals surface area contributed by atoms with E-state index in [0.717, 1.165) is 34.0 Å². The Morgan fingerprint density at radius 1 is 1.11 bits per heavy atom. The molecule has 2 rings (SSSR count). The van der Waals surface area contributed by atoms with Crippen molar-refractivity contribution in [2.24, 2.45) is 0 Å². The van der Waals surface area contributed by atoms with Crippen LogP contribution in [0.25, 0.3) is 0 Å². The second kappa shape index (κ2) is 10.2. The van der Waals surface area contributed by atoms with Crippen LogP contribution >= 0.6 is 11.3 Å². The number of nitrogens with zero attached hydrogens (tertiary/aromatic N) is 1. The van der Waals surface area contributed by atoms with Crippen molar-refractivity contribution in [3.63, 3.8) is 0 Å². The van der Waals surface area contributed by atoms with Crippen molar-refractivity contribution in [1.29, 1.82) is 0 Å². The van der Waals surface area contributed by atoms with E-state index in [-0.39, 0.29) is 24.5 Å². The minimum absolute atomic E-state index is 0.0217. The standard InChI is InChI=1S/C21H28N2O3S/c1-15-14-19(16(2)27-15)20(24)10-11-21(25)22-17-6-8-18(9-7-17)26-13-5-12-23(3)4/h6-9,14H,5,10-13H2,1-4H3,(H,22,25). The summed E-state index contributed by atoms with van der Waals surface area (Å²) in [5.74, 6) is 0.645. The molecular weight excluding hydrogens is 360 g/mol. The minimum Gasteiger partial charge on any atom is -0.494 e. The maximum absolute atomic E-state index is 12.3. The van der Waals surface area contributed by atoms with Gasteiger partial charge in [0, 0.05) is 40.4 Å². The van der Waals surface area contributed by atoms with Crippen molar-refractivity contribution in [2.75, 3.05) is 32.6 Å². The normalized spacial score (nSPS) is 10.9. The molecule has 0 fully saturated rings. The number of thiophene rings is 1. The van der Waals surface area contributed by atoms with Crippen molar-refractivity contribution in [3.8, 4) is 5.75 Å². The van der Waals surface area contributed by atoms with Gasteiger partial charge in [0.1, 0.15) is 5.75 Å². The molecule has 6 heteroatoms. The summed E-state index contributed by atoms with van der Waals surface area (Å²) in [5.41, 5.74) is 1.44. The Labute approximate surface area is 165 Å². The summed E-state index contributed by atoms with van der Waals surface area (Å²) in [7, 11) is 4.07. The lowest BCUT2D eigenvalue weighted by molar-refractivity contribution is -0.116. The quantitative estimate of drug-likeness (QED) is 0.487. The number of ketones is 1. The molecule has 2 aromatic rings. The molecule has 0 saturated heterocycles. The van der Waals surface area contributed by atoms with Crippen LogP contribution in [0.4, 0.5) is 5.69 Å². The van der Waals surface area contributed by atoms with E-state index >= 15 is 0 Å². The number of carbonyl (C=O) groups excluding carboxylic acids is 2. The summed E-state index contributed by atoms with van der Waals surface area (Å²) in [6, 6.07) is 9.21. The number of hydrogen-bond acceptors (Lipinski definition) is 5. The van der Waals surface area contributed by atoms with E-state index in [1.807, 2.05) is 58.3 Å². The number of ether oxygens (including phenoxy) is 1. The SMILES string of the molecule is Cc1cc(C(=O)CCC(=O)Nc2ccc(OCCCN(C)C)cc2)c(C)s1. The summed E-state index contributed by atoms with van der Waals surface area (Å²) >= 11 is 1.61. The van der Waals surface area contributed by atoms with E-state index in [1.54, 1.807) is 11.3 Å². The predicted octanol–water partition coefficient (Wildman–Crippen LogP) is 4.30. The maximum atomic E-state index is 12.3. The first kappa shape index (κ1) is 21.1. The summed E-state index contributed by atoms with van der Waals surface area (Å²) < 4.78 is 5.67. The smallest absolute Gasteiger partial charge is 0.224 e. The highest BCUT2D eigenvalue weighted by Crippen LogP contribution is 2.22. The molecule has 0 aliphatic rings. The number of benzene rings is 1. The highest BCUT2D eigenvalue weighted by Gasteiger charge is 2.14. The molecule has 0 aliphatic carbocycles. The van der Waals surface area contributed by atoms with Gasteiger partial charge in [0.2, 0.25) is 5.91 Å². The fourth-order valence-corrected chi connectivity index (χ4v) is 3.64. The number of anilines is 1. The van der Waals surface area contributed by atoms with Crippen LogP contribution in [-0.4, -0.2) is 43.8 Å². The van der Waals surface area contributed by atoms with Crippen LogP contribution in [0.15, 0.2) is 30.3 Å². The van der Waals surface area contributed by atoms with Crippen LogP contribution in [-0.2, 0) is 4.79 Å². The number of nitrogens with one attached hydrogen (secondary N) is 1. The summed E-state index contributed by atoms with van der Waals surface area (Å²) in [6.07, 6.45) is 1.36. The van der Waals surface area contributed by atoms with Crippen LogP contribution in [0, 0.1) is 13.8 Å². The van der Waals surface area contributed by atoms with Crippen LogP contribution in [0.5, 0.6) is 5.75 Å². The first-order valence-corrected chi connectivity index (χ1v) is 9.94. The Bertz CT molecular complexity index is 766. The largest absolute Gasteiger partial charge is 0.494 e. The van der Waals surface area contributed by atoms with Crippen molar-refractivity contribution in [1.82, 2.24) is 4.90 Å². The van der Waals surface area contributed by atoms with Gasteiger partial charge in [-0.25, -0.2) is 0 Å². The molecule has 1 N–H and O–H groups in total. The Morgan fingerprint density at radius 2 is 1.81 bits per heavy atom. The Morgan fingerprint density at radius 3 is 2.41 bits per heavy atom. The molecule has 5 nitrogen and oxygen atoms in total. The van der Waals surface area contributed by atoms with Gasteiger partial charge in [-0.15, -0.1) is 11.3 Å². The molecule has 0 atom stereocenters. The third-order valence-corrected chi connectivity index (χ3v) is 5.04. The van der Waals surface area contributed by atoms with E-state index in [2.05, 4.69) is 10.2 Å². The first-order valence-electron chi connectivity index (χ1n) is 9.13. The molecule has 146 valence electrons. The van der Waals surface area contributed by atoms with Gasteiger partial charge in [0.15, 0.2) is 5.78 Å². The van der Waals surface area contributed by atoms with Crippen LogP contribution in [0.1, 0.15) is 39.4 Å². The average Bonchev–Trinajstić information content (AvgIpc) is 2.96. The lowest BCUT2D eigenvalue weighted by atomic mass is 10.1. The van der Waals surface area contributed by atoms with Crippen LogP contribution in [0.2, 0.25) is 0 Å². The predicted molar refractivity (Wildman–Crippen MR) is 111 cm³/mol. The number of hydrogen-bond donors (Lipinski definition) is 1. The highest BCUT2D eigenvalue weighted by molar-refractivity contribution is 7.12. The third-order valence-electron chi connectivity index (χ3n) is 4.08. The Hall–Kier alpha value is -2.18. The van der Waals surface area contributed by atoms with E-state index < -0.39 is 0 Å². The molecule has 27 heavy (non-hydrogen) atoms. The number of rotatable bonds is 10. The molecule has 0 aliphatic heterocycles. The topological polar surface area (TPSA) is 58.6 Å². The first-order chi connectivity index (χ1) is 12.8. The number of aryl methyl sites for hydroxylation is 2. The van der Waals surface area contributed by atoms with Crippen molar-refractivity contribution in [2.45, 2.75) is 33.1 Å². The summed E-state index contributed by atoms with van der Waals surface area (Å²) in [4.78, 5) is 28.6. The minimum atomic E-state index is -0.160. The van der Waals surface area contributed by atoms with Crippen molar-refractivity contribution >= 4 is 28.7 Å². The van der Waals surface area contributed by atoms with E-state index in [0.29, 0.717) is 12.3 Å². The summed E-state index contributed by atoms with van der Waals surface area (Å²) in [6.45, 7) is 5.57. The van der Waals surface area contributed by atoms with E-state index in [9.17, 15) is 9.59 Å². The Kier molecular flexibility index (Phi) is 8.00. The third kappa shape index (κ3) is 7.15. The number of amides is 1. The highest BCUT2D eigenvalue weighted by atomic mass is 32.1. The molecule has 0 spiro atoms. The lowest BCUT2D eigenvalue weighted by Crippen LogP contribution is -2.15. The zero-order valence-electron chi connectivity index (χ0n) is 16.5. The van der Waals surface area contributed by atoms with Gasteiger partial charge in [0.25, 0.3) is 0 Å². The van der Waals surface area contributed by atoms with Crippen LogP contribution < -0.4 is 10.1 Å². The number of carbonyl (C=O) groups is 2. The molecule has 1 amide bonds. The summed E-state index contributed by atoms with van der Waals surface area (Å²) in [5, 5.41) is 2.83. The molecule has 1 aromatic heterocycles. The van der Waals surface area contributed by atoms with E-state index in [1.165, 1.54) is 0 Å². The van der Waals surface area contributed by atoms with Gasteiger partial charge < -0.3 is 15.0 Å². The maximum Gasteiger partial charge on any atom is 0.224 e. The van der Waals surface area contributed by atoms with Crippen LogP contribution in [0.3, 0.4) is 0 Å². The zero-order chi connectivity index (χ0) is 19.8. The monoisotopic (exact) mass is 388 g/mol. The second-order valence-electron chi connectivity index (χ2n) is 6.83. The molecule has 0 unspecified atom stereocenters. The van der Waals surface area contributed by atoms with Gasteiger partial charge in [-0.2, -0.15) is 0 Å². The molecule has 0 bridgehead atoms. The van der Waals surface area contributed by atoms with Gasteiger partial charge >= 0.3 is 0 Å². The van der Waals surface area contributed by atoms with E-state index in [4.69, 9.17) is 4.74 Å². The van der Waals surface area contributed by atoms with Gasteiger partial charge in [-0.3, -0.25) is 9.59 Å². The molecule has 0 saturated carbocycles. The fraction of sp³-hybridized carbons (Fsp3) is 0.429. The zero-order valence-corrected chi connectivity index (χ0v) is 17.3. The Balaban J connectivity index is 1.75. The fourth-order valence-electron chi connectivity index (χ4n) is 2.70. The molecule has 1 aromatic carbocycles. The molecule has 1 heterocycles. The number of Topliss-reactive ketones (excluding diaryl/α,β-unsaturated/α-hetero) is 1. The van der Waals surface area contributed by atoms with Gasteiger partial charge in [0.05, 0.1) is 6.61 Å². The lowest BCUT2D eigenvalue weighted by Gasteiger charge is -2.11. The second-order valence-corrected chi connectivity index (χ2v) is 8.29. The van der Waals surface area contributed by atoms with Gasteiger partial charge in [-0.1, -0.05) is 0 Å². The van der Waals surface area contributed by atoms with Crippen molar-refractivity contribution < 1.29 is 14.3 Å².